The van der Waals surface area contributed by atoms with Crippen molar-refractivity contribution in [1.29, 1.82) is 0 Å². The molecule has 2 aliphatic rings. The number of hydrogen-bond acceptors (Lipinski definition) is 5. The molecule has 0 saturated carbocycles. The molecule has 0 amide bonds. The second kappa shape index (κ2) is 5.17. The number of esters is 1. The largest absolute Gasteiger partial charge is 0.465 e. The number of hydrogen-bond donors (Lipinski definition) is 1. The van der Waals surface area contributed by atoms with Crippen LogP contribution in [-0.4, -0.2) is 43.7 Å². The quantitative estimate of drug-likeness (QED) is 0.807. The van der Waals surface area contributed by atoms with E-state index in [1.807, 2.05) is 0 Å². The van der Waals surface area contributed by atoms with E-state index in [2.05, 4.69) is 15.2 Å². The molecule has 2 atom stereocenters. The van der Waals surface area contributed by atoms with Crippen LogP contribution in [0, 0.1) is 5.92 Å². The lowest BCUT2D eigenvalue weighted by Gasteiger charge is -2.24. The number of carbonyl (C=O) groups is 1. The van der Waals surface area contributed by atoms with E-state index >= 15 is 0 Å². The summed E-state index contributed by atoms with van der Waals surface area (Å²) in [6, 6.07) is 4.09. The summed E-state index contributed by atoms with van der Waals surface area (Å²) in [5, 5.41) is 3.56. The summed E-state index contributed by atoms with van der Waals surface area (Å²) in [5.41, 5.74) is 0.559. The Morgan fingerprint density at radius 3 is 3.21 bits per heavy atom. The fraction of sp³-hybridized carbons (Fsp3) is 0.571. The summed E-state index contributed by atoms with van der Waals surface area (Å²) in [6.45, 7) is 2.99. The average molecular weight is 261 g/mol. The number of carbonyl (C=O) groups excluding carboxylic acids is 1. The molecule has 0 aliphatic carbocycles. The zero-order chi connectivity index (χ0) is 13.2. The minimum absolute atomic E-state index is 0.314. The Kier molecular flexibility index (Phi) is 3.38. The third-order valence-electron chi connectivity index (χ3n) is 4.09. The van der Waals surface area contributed by atoms with E-state index in [-0.39, 0.29) is 5.97 Å². The van der Waals surface area contributed by atoms with Gasteiger partial charge in [-0.15, -0.1) is 0 Å². The van der Waals surface area contributed by atoms with Crippen LogP contribution in [0.4, 0.5) is 5.82 Å². The van der Waals surface area contributed by atoms with E-state index in [1.54, 1.807) is 18.3 Å². The molecule has 0 aromatic carbocycles. The molecule has 1 N–H and O–H groups in total. The number of ether oxygens (including phenoxy) is 1. The second-order valence-electron chi connectivity index (χ2n) is 5.23. The molecule has 0 radical (unpaired) electrons. The van der Waals surface area contributed by atoms with Gasteiger partial charge in [-0.05, 0) is 37.4 Å². The smallest absolute Gasteiger partial charge is 0.341 e. The van der Waals surface area contributed by atoms with Crippen LogP contribution in [0.3, 0.4) is 0 Å². The molecule has 2 aliphatic heterocycles. The molecule has 1 aromatic heterocycles. The van der Waals surface area contributed by atoms with Crippen molar-refractivity contribution in [3.63, 3.8) is 0 Å². The fourth-order valence-electron chi connectivity index (χ4n) is 3.14. The van der Waals surface area contributed by atoms with Crippen molar-refractivity contribution in [2.75, 3.05) is 31.6 Å². The third kappa shape index (κ3) is 2.30. The molecular weight excluding hydrogens is 242 g/mol. The maximum absolute atomic E-state index is 11.8. The summed E-state index contributed by atoms with van der Waals surface area (Å²) in [6.07, 6.45) is 4.23. The van der Waals surface area contributed by atoms with Crippen molar-refractivity contribution in [1.82, 2.24) is 10.3 Å². The molecule has 2 fully saturated rings. The minimum atomic E-state index is -0.314. The molecule has 3 heterocycles. The van der Waals surface area contributed by atoms with Gasteiger partial charge in [0.05, 0.1) is 7.11 Å². The zero-order valence-electron chi connectivity index (χ0n) is 11.1. The van der Waals surface area contributed by atoms with Gasteiger partial charge in [0.2, 0.25) is 0 Å². The highest BCUT2D eigenvalue weighted by Crippen LogP contribution is 2.29. The lowest BCUT2D eigenvalue weighted by Crippen LogP contribution is -2.40. The summed E-state index contributed by atoms with van der Waals surface area (Å²) in [5.74, 6) is 1.11. The molecule has 2 unspecified atom stereocenters. The van der Waals surface area contributed by atoms with Gasteiger partial charge in [-0.1, -0.05) is 0 Å². The van der Waals surface area contributed by atoms with E-state index in [0.29, 0.717) is 17.5 Å². The molecular formula is C14H19N3O2. The van der Waals surface area contributed by atoms with Crippen LogP contribution in [0.15, 0.2) is 18.3 Å². The number of fused-ring (bicyclic) bond motifs is 1. The highest BCUT2D eigenvalue weighted by molar-refractivity contribution is 5.94. The lowest BCUT2D eigenvalue weighted by atomic mass is 9.94. The predicted molar refractivity (Wildman–Crippen MR) is 72.3 cm³/mol. The van der Waals surface area contributed by atoms with Gasteiger partial charge in [-0.3, -0.25) is 0 Å². The number of aromatic nitrogens is 1. The topological polar surface area (TPSA) is 54.5 Å². The number of rotatable bonds is 2. The molecule has 1 aromatic rings. The highest BCUT2D eigenvalue weighted by Gasteiger charge is 2.36. The van der Waals surface area contributed by atoms with Crippen LogP contribution in [0.1, 0.15) is 23.2 Å². The zero-order valence-corrected chi connectivity index (χ0v) is 11.1. The van der Waals surface area contributed by atoms with Gasteiger partial charge in [0.25, 0.3) is 0 Å². The first-order valence-corrected chi connectivity index (χ1v) is 6.81. The first-order valence-electron chi connectivity index (χ1n) is 6.81. The van der Waals surface area contributed by atoms with E-state index in [4.69, 9.17) is 4.74 Å². The SMILES string of the molecule is COC(=O)c1cccnc1N1CC2CCCNC2C1. The highest BCUT2D eigenvalue weighted by atomic mass is 16.5. The molecule has 5 heteroatoms. The monoisotopic (exact) mass is 261 g/mol. The van der Waals surface area contributed by atoms with E-state index < -0.39 is 0 Å². The van der Waals surface area contributed by atoms with Crippen LogP contribution >= 0.6 is 0 Å². The van der Waals surface area contributed by atoms with E-state index in [0.717, 1.165) is 25.5 Å². The van der Waals surface area contributed by atoms with Crippen LogP contribution in [0.2, 0.25) is 0 Å². The Labute approximate surface area is 113 Å². The predicted octanol–water partition coefficient (Wildman–Crippen LogP) is 1.06. The molecule has 0 spiro atoms. The normalized spacial score (nSPS) is 26.1. The number of piperidine rings is 1. The number of anilines is 1. The van der Waals surface area contributed by atoms with Crippen LogP contribution in [0.25, 0.3) is 0 Å². The Morgan fingerprint density at radius 2 is 2.42 bits per heavy atom. The first-order chi connectivity index (χ1) is 9.29. The Hall–Kier alpha value is -1.62. The summed E-state index contributed by atoms with van der Waals surface area (Å²) in [4.78, 5) is 18.4. The summed E-state index contributed by atoms with van der Waals surface area (Å²) >= 11 is 0. The third-order valence-corrected chi connectivity index (χ3v) is 4.09. The van der Waals surface area contributed by atoms with Gasteiger partial charge in [0.1, 0.15) is 11.4 Å². The van der Waals surface area contributed by atoms with Crippen molar-refractivity contribution >= 4 is 11.8 Å². The van der Waals surface area contributed by atoms with Crippen molar-refractivity contribution in [2.24, 2.45) is 5.92 Å². The number of pyridine rings is 1. The number of nitrogens with zero attached hydrogens (tertiary/aromatic N) is 2. The Balaban J connectivity index is 1.85. The van der Waals surface area contributed by atoms with Crippen molar-refractivity contribution in [2.45, 2.75) is 18.9 Å². The van der Waals surface area contributed by atoms with E-state index in [1.165, 1.54) is 20.0 Å². The van der Waals surface area contributed by atoms with Gasteiger partial charge in [0.15, 0.2) is 0 Å². The van der Waals surface area contributed by atoms with Gasteiger partial charge in [-0.25, -0.2) is 9.78 Å². The van der Waals surface area contributed by atoms with E-state index in [9.17, 15) is 4.79 Å². The maximum Gasteiger partial charge on any atom is 0.341 e. The second-order valence-corrected chi connectivity index (χ2v) is 5.23. The lowest BCUT2D eigenvalue weighted by molar-refractivity contribution is 0.0601. The van der Waals surface area contributed by atoms with Crippen LogP contribution in [0.5, 0.6) is 0 Å². The fourth-order valence-corrected chi connectivity index (χ4v) is 3.14. The van der Waals surface area contributed by atoms with Crippen molar-refractivity contribution < 1.29 is 9.53 Å². The van der Waals surface area contributed by atoms with Gasteiger partial charge >= 0.3 is 5.97 Å². The molecule has 102 valence electrons. The standard InChI is InChI=1S/C14H19N3O2/c1-19-14(18)11-5-3-7-16-13(11)17-8-10-4-2-6-15-12(10)9-17/h3,5,7,10,12,15H,2,4,6,8-9H2,1H3. The number of nitrogens with one attached hydrogen (secondary N) is 1. The first kappa shape index (κ1) is 12.4. The summed E-state index contributed by atoms with van der Waals surface area (Å²) in [7, 11) is 1.41. The number of methoxy groups -OCH3 is 1. The molecule has 2 saturated heterocycles. The van der Waals surface area contributed by atoms with Crippen molar-refractivity contribution in [3.8, 4) is 0 Å². The molecule has 3 rings (SSSR count). The Morgan fingerprint density at radius 1 is 1.53 bits per heavy atom. The molecule has 5 nitrogen and oxygen atoms in total. The Bertz CT molecular complexity index is 464. The summed E-state index contributed by atoms with van der Waals surface area (Å²) < 4.78 is 4.83. The minimum Gasteiger partial charge on any atom is -0.465 e. The van der Waals surface area contributed by atoms with Crippen molar-refractivity contribution in [3.05, 3.63) is 23.9 Å². The van der Waals surface area contributed by atoms with Gasteiger partial charge < -0.3 is 15.0 Å². The average Bonchev–Trinajstić information content (AvgIpc) is 2.90. The van der Waals surface area contributed by atoms with Crippen LogP contribution in [-0.2, 0) is 4.74 Å². The van der Waals surface area contributed by atoms with Gasteiger partial charge in [0, 0.05) is 25.3 Å². The van der Waals surface area contributed by atoms with Crippen LogP contribution < -0.4 is 10.2 Å². The van der Waals surface area contributed by atoms with Gasteiger partial charge in [-0.2, -0.15) is 0 Å². The molecule has 19 heavy (non-hydrogen) atoms. The molecule has 0 bridgehead atoms. The maximum atomic E-state index is 11.8.